The van der Waals surface area contributed by atoms with Gasteiger partial charge in [-0.2, -0.15) is 0 Å². The van der Waals surface area contributed by atoms with Gasteiger partial charge < -0.3 is 10.1 Å². The van der Waals surface area contributed by atoms with Crippen LogP contribution in [0.1, 0.15) is 26.3 Å². The van der Waals surface area contributed by atoms with E-state index in [1.807, 2.05) is 24.3 Å². The molecule has 0 saturated heterocycles. The maximum absolute atomic E-state index is 11.6. The Morgan fingerprint density at radius 3 is 2.52 bits per heavy atom. The van der Waals surface area contributed by atoms with Crippen LogP contribution in [0.25, 0.3) is 0 Å². The molecule has 0 spiro atoms. The van der Waals surface area contributed by atoms with Gasteiger partial charge in [-0.05, 0) is 42.7 Å². The van der Waals surface area contributed by atoms with E-state index in [0.29, 0.717) is 6.61 Å². The van der Waals surface area contributed by atoms with Gasteiger partial charge in [0.15, 0.2) is 0 Å². The first-order chi connectivity index (χ1) is 13.9. The van der Waals surface area contributed by atoms with E-state index in [1.54, 1.807) is 31.3 Å². The molecule has 0 saturated carbocycles. The molecule has 7 heteroatoms. The van der Waals surface area contributed by atoms with Gasteiger partial charge >= 0.3 is 5.97 Å². The minimum Gasteiger partial charge on any atom is -0.463 e. The Morgan fingerprint density at radius 2 is 1.90 bits per heavy atom. The van der Waals surface area contributed by atoms with Crippen molar-refractivity contribution >= 4 is 29.2 Å². The summed E-state index contributed by atoms with van der Waals surface area (Å²) in [6.45, 7) is 6.21. The molecule has 2 aromatic carbocycles. The Labute approximate surface area is 170 Å². The summed E-state index contributed by atoms with van der Waals surface area (Å²) >= 11 is 0. The van der Waals surface area contributed by atoms with Crippen molar-refractivity contribution in [2.75, 3.05) is 11.9 Å². The quantitative estimate of drug-likeness (QED) is 0.214. The van der Waals surface area contributed by atoms with Crippen molar-refractivity contribution < 1.29 is 14.5 Å². The number of nitrogens with zero attached hydrogens (tertiary/aromatic N) is 2. The number of ether oxygens (including phenoxy) is 1. The summed E-state index contributed by atoms with van der Waals surface area (Å²) in [6, 6.07) is 13.7. The molecule has 0 amide bonds. The monoisotopic (exact) mass is 395 g/mol. The largest absolute Gasteiger partial charge is 0.463 e. The van der Waals surface area contributed by atoms with Crippen LogP contribution in [-0.2, 0) is 9.53 Å². The first kappa shape index (κ1) is 21.8. The molecule has 1 N–H and O–H groups in total. The van der Waals surface area contributed by atoms with E-state index in [4.69, 9.17) is 4.74 Å². The van der Waals surface area contributed by atoms with Crippen LogP contribution in [0.15, 0.2) is 65.7 Å². The molecule has 0 aliphatic rings. The molecule has 2 aromatic rings. The zero-order valence-electron chi connectivity index (χ0n) is 16.7. The number of rotatable bonds is 9. The van der Waals surface area contributed by atoms with Gasteiger partial charge in [-0.15, -0.1) is 0 Å². The summed E-state index contributed by atoms with van der Waals surface area (Å²) in [5.74, 6) is -0.142. The normalized spacial score (nSPS) is 12.4. The van der Waals surface area contributed by atoms with E-state index in [9.17, 15) is 14.9 Å². The summed E-state index contributed by atoms with van der Waals surface area (Å²) in [6.07, 6.45) is 4.88. The molecule has 0 aliphatic carbocycles. The second-order valence-electron chi connectivity index (χ2n) is 6.65. The maximum atomic E-state index is 11.6. The van der Waals surface area contributed by atoms with Gasteiger partial charge in [0.1, 0.15) is 0 Å². The van der Waals surface area contributed by atoms with Crippen molar-refractivity contribution in [2.24, 2.45) is 10.9 Å². The van der Waals surface area contributed by atoms with Gasteiger partial charge in [-0.1, -0.05) is 32.1 Å². The van der Waals surface area contributed by atoms with E-state index in [2.05, 4.69) is 24.2 Å². The summed E-state index contributed by atoms with van der Waals surface area (Å²) in [7, 11) is 0. The lowest BCUT2D eigenvalue weighted by atomic mass is 10.0. The highest BCUT2D eigenvalue weighted by atomic mass is 16.6. The van der Waals surface area contributed by atoms with Gasteiger partial charge in [-0.3, -0.25) is 15.1 Å². The molecular formula is C22H25N3O4. The Morgan fingerprint density at radius 1 is 1.21 bits per heavy atom. The average Bonchev–Trinajstić information content (AvgIpc) is 2.70. The molecule has 7 nitrogen and oxygen atoms in total. The first-order valence-electron chi connectivity index (χ1n) is 9.39. The number of para-hydroxylation sites is 2. The standard InChI is InChI=1S/C22H25N3O4/c1-4-29-22(26)14-13-19(16(2)3)24-21-8-6-5-7-20(21)23-15-17-9-11-18(12-10-17)25(27)28/h5-16,19,24H,4H2,1-3H3/b14-13+,23-15?/t19-/m0/s1. The van der Waals surface area contributed by atoms with Crippen LogP contribution in [-0.4, -0.2) is 29.8 Å². The number of nitro groups is 1. The third-order valence-corrected chi connectivity index (χ3v) is 4.13. The molecule has 0 aromatic heterocycles. The predicted molar refractivity (Wildman–Crippen MR) is 115 cm³/mol. The number of anilines is 1. The molecule has 0 bridgehead atoms. The molecule has 152 valence electrons. The topological polar surface area (TPSA) is 93.8 Å². The summed E-state index contributed by atoms with van der Waals surface area (Å²) in [5, 5.41) is 14.2. The minimum atomic E-state index is -0.435. The molecular weight excluding hydrogens is 370 g/mol. The van der Waals surface area contributed by atoms with Gasteiger partial charge in [-0.25, -0.2) is 4.79 Å². The van der Waals surface area contributed by atoms with Crippen LogP contribution in [0, 0.1) is 16.0 Å². The van der Waals surface area contributed by atoms with Crippen molar-refractivity contribution in [1.29, 1.82) is 0 Å². The summed E-state index contributed by atoms with van der Waals surface area (Å²) in [4.78, 5) is 26.4. The van der Waals surface area contributed by atoms with Crippen molar-refractivity contribution in [2.45, 2.75) is 26.8 Å². The Hall–Kier alpha value is -3.48. The smallest absolute Gasteiger partial charge is 0.330 e. The van der Waals surface area contributed by atoms with Gasteiger partial charge in [0, 0.05) is 30.5 Å². The lowest BCUT2D eigenvalue weighted by Crippen LogP contribution is -2.23. The number of non-ortho nitro benzene ring substituents is 1. The number of nitro benzene ring substituents is 1. The third kappa shape index (κ3) is 6.88. The van der Waals surface area contributed by atoms with E-state index in [1.165, 1.54) is 18.2 Å². The number of esters is 1. The lowest BCUT2D eigenvalue weighted by Gasteiger charge is -2.21. The number of hydrogen-bond donors (Lipinski definition) is 1. The first-order valence-corrected chi connectivity index (χ1v) is 9.39. The maximum Gasteiger partial charge on any atom is 0.330 e. The van der Waals surface area contributed by atoms with Gasteiger partial charge in [0.2, 0.25) is 0 Å². The van der Waals surface area contributed by atoms with Crippen molar-refractivity contribution in [3.8, 4) is 0 Å². The van der Waals surface area contributed by atoms with Crippen LogP contribution in [0.2, 0.25) is 0 Å². The van der Waals surface area contributed by atoms with Crippen LogP contribution < -0.4 is 5.32 Å². The molecule has 29 heavy (non-hydrogen) atoms. The Bertz CT molecular complexity index is 889. The highest BCUT2D eigenvalue weighted by Gasteiger charge is 2.12. The fraction of sp³-hybridized carbons (Fsp3) is 0.273. The third-order valence-electron chi connectivity index (χ3n) is 4.13. The van der Waals surface area contributed by atoms with Gasteiger partial charge in [0.05, 0.1) is 22.9 Å². The van der Waals surface area contributed by atoms with Crippen LogP contribution >= 0.6 is 0 Å². The number of benzene rings is 2. The summed E-state index contributed by atoms with van der Waals surface area (Å²) < 4.78 is 4.94. The number of hydrogen-bond acceptors (Lipinski definition) is 6. The van der Waals surface area contributed by atoms with E-state index >= 15 is 0 Å². The second-order valence-corrected chi connectivity index (χ2v) is 6.65. The molecule has 0 fully saturated rings. The molecule has 2 rings (SSSR count). The van der Waals surface area contributed by atoms with Crippen molar-refractivity contribution in [1.82, 2.24) is 0 Å². The number of nitrogens with one attached hydrogen (secondary N) is 1. The second kappa shape index (κ2) is 10.8. The van der Waals surface area contributed by atoms with E-state index < -0.39 is 4.92 Å². The lowest BCUT2D eigenvalue weighted by molar-refractivity contribution is -0.384. The number of carbonyl (C=O) groups excluding carboxylic acids is 1. The van der Waals surface area contributed by atoms with Gasteiger partial charge in [0.25, 0.3) is 5.69 Å². The fourth-order valence-corrected chi connectivity index (χ4v) is 2.52. The zero-order valence-corrected chi connectivity index (χ0v) is 16.7. The van der Waals surface area contributed by atoms with Crippen LogP contribution in [0.4, 0.5) is 17.1 Å². The summed E-state index contributed by atoms with van der Waals surface area (Å²) in [5.41, 5.74) is 2.34. The predicted octanol–water partition coefficient (Wildman–Crippen LogP) is 4.90. The average molecular weight is 395 g/mol. The van der Waals surface area contributed by atoms with Crippen LogP contribution in [0.3, 0.4) is 0 Å². The molecule has 0 unspecified atom stereocenters. The molecule has 0 radical (unpaired) electrons. The Kier molecular flexibility index (Phi) is 8.09. The minimum absolute atomic E-state index is 0.0392. The van der Waals surface area contributed by atoms with Crippen LogP contribution in [0.5, 0.6) is 0 Å². The molecule has 0 aliphatic heterocycles. The van der Waals surface area contributed by atoms with Crippen molar-refractivity contribution in [3.05, 3.63) is 76.4 Å². The van der Waals surface area contributed by atoms with E-state index in [0.717, 1.165) is 16.9 Å². The molecule has 1 atom stereocenters. The number of carbonyl (C=O) groups is 1. The molecule has 0 heterocycles. The highest BCUT2D eigenvalue weighted by Crippen LogP contribution is 2.26. The SMILES string of the molecule is CCOC(=O)/C=C/[C@H](Nc1ccccc1N=Cc1ccc([N+](=O)[O-])cc1)C(C)C. The Balaban J connectivity index is 2.18. The highest BCUT2D eigenvalue weighted by molar-refractivity contribution is 5.84. The zero-order chi connectivity index (χ0) is 21.2. The van der Waals surface area contributed by atoms with Crippen molar-refractivity contribution in [3.63, 3.8) is 0 Å². The number of aliphatic imine (C=N–C) groups is 1. The van der Waals surface area contributed by atoms with E-state index in [-0.39, 0.29) is 23.6 Å². The fourth-order valence-electron chi connectivity index (χ4n) is 2.52.